The van der Waals surface area contributed by atoms with E-state index in [1.54, 1.807) is 30.3 Å². The van der Waals surface area contributed by atoms with Crippen molar-refractivity contribution in [3.63, 3.8) is 0 Å². The quantitative estimate of drug-likeness (QED) is 0.510. The molecule has 5 nitrogen and oxygen atoms in total. The van der Waals surface area contributed by atoms with E-state index in [-0.39, 0.29) is 5.69 Å². The van der Waals surface area contributed by atoms with Crippen LogP contribution in [0.3, 0.4) is 0 Å². The van der Waals surface area contributed by atoms with Crippen molar-refractivity contribution in [2.45, 2.75) is 6.92 Å². The van der Waals surface area contributed by atoms with E-state index in [1.165, 1.54) is 12.1 Å². The van der Waals surface area contributed by atoms with E-state index in [2.05, 4.69) is 0 Å². The zero-order valence-electron chi connectivity index (χ0n) is 9.79. The van der Waals surface area contributed by atoms with Crippen LogP contribution in [0.1, 0.15) is 5.56 Å². The van der Waals surface area contributed by atoms with E-state index in [9.17, 15) is 10.1 Å². The molecule has 2 N–H and O–H groups in total. The normalized spacial score (nSPS) is 10.1. The van der Waals surface area contributed by atoms with Gasteiger partial charge in [0, 0.05) is 17.8 Å². The van der Waals surface area contributed by atoms with Crippen molar-refractivity contribution in [3.8, 4) is 11.5 Å². The van der Waals surface area contributed by atoms with E-state index in [0.29, 0.717) is 17.2 Å². The summed E-state index contributed by atoms with van der Waals surface area (Å²) in [4.78, 5) is 10.1. The summed E-state index contributed by atoms with van der Waals surface area (Å²) < 4.78 is 5.62. The van der Waals surface area contributed by atoms with E-state index in [1.807, 2.05) is 6.92 Å². The fourth-order valence-corrected chi connectivity index (χ4v) is 1.55. The Kier molecular flexibility index (Phi) is 3.14. The Bertz CT molecular complexity index is 579. The first-order chi connectivity index (χ1) is 8.56. The second-order valence-electron chi connectivity index (χ2n) is 3.88. The van der Waals surface area contributed by atoms with Gasteiger partial charge in [-0.15, -0.1) is 0 Å². The van der Waals surface area contributed by atoms with E-state index < -0.39 is 4.92 Å². The molecule has 0 aliphatic rings. The van der Waals surface area contributed by atoms with Gasteiger partial charge in [-0.3, -0.25) is 10.1 Å². The molecule has 2 aromatic rings. The van der Waals surface area contributed by atoms with Crippen LogP contribution >= 0.6 is 0 Å². The molecule has 0 fully saturated rings. The third kappa shape index (κ3) is 2.57. The first kappa shape index (κ1) is 11.9. The smallest absolute Gasteiger partial charge is 0.269 e. The Hall–Kier alpha value is -2.56. The van der Waals surface area contributed by atoms with Crippen molar-refractivity contribution in [1.29, 1.82) is 0 Å². The third-order valence-electron chi connectivity index (χ3n) is 2.47. The fourth-order valence-electron chi connectivity index (χ4n) is 1.55. The van der Waals surface area contributed by atoms with Gasteiger partial charge in [0.2, 0.25) is 0 Å². The minimum absolute atomic E-state index is 0.0383. The maximum Gasteiger partial charge on any atom is 0.269 e. The Balaban J connectivity index is 2.21. The topological polar surface area (TPSA) is 78.4 Å². The second-order valence-corrected chi connectivity index (χ2v) is 3.88. The van der Waals surface area contributed by atoms with E-state index in [4.69, 9.17) is 10.5 Å². The Morgan fingerprint density at radius 1 is 1.17 bits per heavy atom. The molecule has 0 radical (unpaired) electrons. The van der Waals surface area contributed by atoms with Crippen LogP contribution in [0.25, 0.3) is 0 Å². The number of aryl methyl sites for hydroxylation is 1. The molecule has 0 aromatic heterocycles. The van der Waals surface area contributed by atoms with E-state index >= 15 is 0 Å². The number of benzene rings is 2. The van der Waals surface area contributed by atoms with Gasteiger partial charge in [0.05, 0.1) is 4.92 Å². The number of ether oxygens (including phenoxy) is 1. The zero-order valence-corrected chi connectivity index (χ0v) is 9.79. The number of anilines is 1. The van der Waals surface area contributed by atoms with Crippen LogP contribution in [0.5, 0.6) is 11.5 Å². The molecule has 0 aliphatic heterocycles. The fraction of sp³-hybridized carbons (Fsp3) is 0.0769. The molecule has 0 amide bonds. The summed E-state index contributed by atoms with van der Waals surface area (Å²) in [5.41, 5.74) is 7.26. The Morgan fingerprint density at radius 3 is 2.39 bits per heavy atom. The van der Waals surface area contributed by atoms with Crippen LogP contribution in [0, 0.1) is 17.0 Å². The molecule has 0 unspecified atom stereocenters. The third-order valence-corrected chi connectivity index (χ3v) is 2.47. The van der Waals surface area contributed by atoms with Gasteiger partial charge in [0.15, 0.2) is 0 Å². The molecule has 0 saturated carbocycles. The first-order valence-electron chi connectivity index (χ1n) is 5.35. The average Bonchev–Trinajstić information content (AvgIpc) is 2.33. The number of nitrogens with zero attached hydrogens (tertiary/aromatic N) is 1. The lowest BCUT2D eigenvalue weighted by atomic mass is 10.2. The van der Waals surface area contributed by atoms with Crippen molar-refractivity contribution < 1.29 is 9.66 Å². The Morgan fingerprint density at radius 2 is 1.83 bits per heavy atom. The predicted octanol–water partition coefficient (Wildman–Crippen LogP) is 3.28. The van der Waals surface area contributed by atoms with Gasteiger partial charge in [-0.25, -0.2) is 0 Å². The molecule has 0 aliphatic carbocycles. The number of nitrogens with two attached hydrogens (primary N) is 1. The molecule has 0 atom stereocenters. The molecular weight excluding hydrogens is 232 g/mol. The van der Waals surface area contributed by atoms with Crippen LogP contribution in [-0.4, -0.2) is 4.92 Å². The van der Waals surface area contributed by atoms with Crippen molar-refractivity contribution in [2.24, 2.45) is 0 Å². The first-order valence-corrected chi connectivity index (χ1v) is 5.35. The molecule has 0 saturated heterocycles. The second kappa shape index (κ2) is 4.75. The summed E-state index contributed by atoms with van der Waals surface area (Å²) in [6.07, 6.45) is 0. The van der Waals surface area contributed by atoms with Crippen LogP contribution in [0.4, 0.5) is 11.4 Å². The highest BCUT2D eigenvalue weighted by Crippen LogP contribution is 2.27. The molecule has 0 heterocycles. The van der Waals surface area contributed by atoms with Gasteiger partial charge < -0.3 is 10.5 Å². The summed E-state index contributed by atoms with van der Waals surface area (Å²) in [7, 11) is 0. The summed E-state index contributed by atoms with van der Waals surface area (Å²) in [5.74, 6) is 1.23. The number of rotatable bonds is 3. The number of hydrogen-bond donors (Lipinski definition) is 1. The highest BCUT2D eigenvalue weighted by atomic mass is 16.6. The predicted molar refractivity (Wildman–Crippen MR) is 68.8 cm³/mol. The average molecular weight is 244 g/mol. The number of nitrogen functional groups attached to an aromatic ring is 1. The SMILES string of the molecule is Cc1cc(N)ccc1Oc1ccc([N+](=O)[O-])cc1. The minimum atomic E-state index is -0.446. The summed E-state index contributed by atoms with van der Waals surface area (Å²) in [6, 6.07) is 11.3. The van der Waals surface area contributed by atoms with Crippen molar-refractivity contribution in [3.05, 3.63) is 58.1 Å². The van der Waals surface area contributed by atoms with Crippen molar-refractivity contribution >= 4 is 11.4 Å². The molecule has 2 aromatic carbocycles. The van der Waals surface area contributed by atoms with Crippen molar-refractivity contribution in [2.75, 3.05) is 5.73 Å². The molecule has 5 heteroatoms. The van der Waals surface area contributed by atoms with Crippen LogP contribution in [0.2, 0.25) is 0 Å². The lowest BCUT2D eigenvalue weighted by molar-refractivity contribution is -0.384. The zero-order chi connectivity index (χ0) is 13.1. The monoisotopic (exact) mass is 244 g/mol. The van der Waals surface area contributed by atoms with Crippen LogP contribution in [-0.2, 0) is 0 Å². The summed E-state index contributed by atoms with van der Waals surface area (Å²) >= 11 is 0. The number of hydrogen-bond acceptors (Lipinski definition) is 4. The van der Waals surface area contributed by atoms with E-state index in [0.717, 1.165) is 5.56 Å². The van der Waals surface area contributed by atoms with Gasteiger partial charge in [0.1, 0.15) is 11.5 Å². The minimum Gasteiger partial charge on any atom is -0.457 e. The molecule has 2 rings (SSSR count). The van der Waals surface area contributed by atoms with Crippen LogP contribution in [0.15, 0.2) is 42.5 Å². The van der Waals surface area contributed by atoms with Gasteiger partial charge in [-0.1, -0.05) is 0 Å². The maximum atomic E-state index is 10.5. The molecule has 92 valence electrons. The molecule has 0 bridgehead atoms. The highest BCUT2D eigenvalue weighted by Gasteiger charge is 2.06. The highest BCUT2D eigenvalue weighted by molar-refractivity contribution is 5.49. The van der Waals surface area contributed by atoms with Crippen LogP contribution < -0.4 is 10.5 Å². The van der Waals surface area contributed by atoms with Gasteiger partial charge >= 0.3 is 0 Å². The number of non-ortho nitro benzene ring substituents is 1. The molecular formula is C13H12N2O3. The number of nitro groups is 1. The molecule has 0 spiro atoms. The number of nitro benzene ring substituents is 1. The lowest BCUT2D eigenvalue weighted by Gasteiger charge is -2.08. The summed E-state index contributed by atoms with van der Waals surface area (Å²) in [6.45, 7) is 1.89. The Labute approximate surface area is 104 Å². The van der Waals surface area contributed by atoms with Gasteiger partial charge in [-0.05, 0) is 42.8 Å². The standard InChI is InChI=1S/C13H12N2O3/c1-9-8-10(14)2-7-13(9)18-12-5-3-11(4-6-12)15(16)17/h2-8H,14H2,1H3. The van der Waals surface area contributed by atoms with Gasteiger partial charge in [0.25, 0.3) is 5.69 Å². The maximum absolute atomic E-state index is 10.5. The lowest BCUT2D eigenvalue weighted by Crippen LogP contribution is -1.91. The largest absolute Gasteiger partial charge is 0.457 e. The van der Waals surface area contributed by atoms with Gasteiger partial charge in [-0.2, -0.15) is 0 Å². The summed E-state index contributed by atoms with van der Waals surface area (Å²) in [5, 5.41) is 10.5. The molecule has 18 heavy (non-hydrogen) atoms. The van der Waals surface area contributed by atoms with Crippen molar-refractivity contribution in [1.82, 2.24) is 0 Å².